The highest BCUT2D eigenvalue weighted by Gasteiger charge is 2.38. The largest absolute Gasteiger partial charge is 0.391 e. The van der Waals surface area contributed by atoms with Crippen LogP contribution in [0.5, 0.6) is 0 Å². The molecule has 0 bridgehead atoms. The van der Waals surface area contributed by atoms with Gasteiger partial charge in [0.05, 0.1) is 11.9 Å². The Labute approximate surface area is 225 Å². The number of nitrogens with one attached hydrogen (secondary N) is 1. The average Bonchev–Trinajstić information content (AvgIpc) is 2.90. The zero-order valence-corrected chi connectivity index (χ0v) is 23.4. The van der Waals surface area contributed by atoms with Gasteiger partial charge < -0.3 is 20.2 Å². The monoisotopic (exact) mass is 538 g/mol. The van der Waals surface area contributed by atoms with Gasteiger partial charge in [-0.3, -0.25) is 0 Å². The summed E-state index contributed by atoms with van der Waals surface area (Å²) in [6, 6.07) is 8.37. The summed E-state index contributed by atoms with van der Waals surface area (Å²) in [4.78, 5) is 18.1. The molecular formula is C28H38N6O3S. The van der Waals surface area contributed by atoms with Crippen molar-refractivity contribution in [3.8, 4) is 0 Å². The van der Waals surface area contributed by atoms with E-state index in [9.17, 15) is 13.5 Å². The third-order valence-electron chi connectivity index (χ3n) is 7.93. The van der Waals surface area contributed by atoms with Crippen LogP contribution in [0.4, 0.5) is 23.3 Å². The lowest BCUT2D eigenvalue weighted by molar-refractivity contribution is 0.153. The molecule has 0 amide bonds. The van der Waals surface area contributed by atoms with Crippen LogP contribution in [0.1, 0.15) is 52.0 Å². The smallest absolute Gasteiger partial charge is 0.227 e. The molecule has 0 radical (unpaired) electrons. The summed E-state index contributed by atoms with van der Waals surface area (Å²) in [6.07, 6.45) is 5.01. The van der Waals surface area contributed by atoms with E-state index in [4.69, 9.17) is 4.98 Å². The van der Waals surface area contributed by atoms with Crippen molar-refractivity contribution in [2.24, 2.45) is 5.92 Å². The molecule has 38 heavy (non-hydrogen) atoms. The number of aliphatic hydroxyl groups is 1. The number of nitrogens with zero attached hydrogens (tertiary/aromatic N) is 5. The van der Waals surface area contributed by atoms with Gasteiger partial charge in [-0.25, -0.2) is 18.4 Å². The fourth-order valence-electron chi connectivity index (χ4n) is 5.55. The number of aromatic nitrogens is 3. The first kappa shape index (κ1) is 26.6. The van der Waals surface area contributed by atoms with Crippen LogP contribution < -0.4 is 15.1 Å². The standard InChI is InChI=1S/C28H38N6O3S/c1-5-38(36,37)17-20-15-34(19(20)4)25-9-8-22(18(2)3)23-13-27(30-14-24(23)25)31-26-10-11-29-28(32-26)33-12-6-7-21(35)16-33/h8-11,13-14,18-21,35H,5-7,12,15-17H2,1-4H3,(H,29,30,31,32)/t19-,20-,21+/m1/s1. The van der Waals surface area contributed by atoms with E-state index < -0.39 is 9.84 Å². The first-order valence-corrected chi connectivity index (χ1v) is 15.4. The molecule has 2 aliphatic rings. The van der Waals surface area contributed by atoms with Crippen molar-refractivity contribution < 1.29 is 13.5 Å². The van der Waals surface area contributed by atoms with Crippen LogP contribution >= 0.6 is 0 Å². The number of fused-ring (bicyclic) bond motifs is 1. The SMILES string of the molecule is CCS(=O)(=O)C[C@H]1CN(c2ccc(C(C)C)c3cc(Nc4ccnc(N5CCC[C@H](O)C5)n4)ncc23)[C@@H]1C. The minimum Gasteiger partial charge on any atom is -0.391 e. The second kappa shape index (κ2) is 10.6. The van der Waals surface area contributed by atoms with Crippen molar-refractivity contribution in [3.63, 3.8) is 0 Å². The Kier molecular flexibility index (Phi) is 7.46. The molecule has 10 heteroatoms. The van der Waals surface area contributed by atoms with Gasteiger partial charge in [0.15, 0.2) is 0 Å². The molecule has 5 rings (SSSR count). The summed E-state index contributed by atoms with van der Waals surface area (Å²) in [7, 11) is -3.00. The van der Waals surface area contributed by atoms with Gasteiger partial charge in [0.1, 0.15) is 21.5 Å². The molecule has 3 atom stereocenters. The van der Waals surface area contributed by atoms with E-state index in [1.165, 1.54) is 5.56 Å². The van der Waals surface area contributed by atoms with Gasteiger partial charge in [-0.2, -0.15) is 4.98 Å². The van der Waals surface area contributed by atoms with Gasteiger partial charge in [0, 0.05) is 60.8 Å². The number of pyridine rings is 1. The maximum Gasteiger partial charge on any atom is 0.227 e. The molecule has 0 unspecified atom stereocenters. The van der Waals surface area contributed by atoms with Gasteiger partial charge in [-0.15, -0.1) is 0 Å². The van der Waals surface area contributed by atoms with Crippen LogP contribution in [0.15, 0.2) is 36.7 Å². The fraction of sp³-hybridized carbons (Fsp3) is 0.536. The van der Waals surface area contributed by atoms with Crippen molar-refractivity contribution in [2.45, 2.75) is 58.6 Å². The first-order valence-electron chi connectivity index (χ1n) is 13.6. The summed E-state index contributed by atoms with van der Waals surface area (Å²) in [6.45, 7) is 10.3. The number of sulfone groups is 1. The third-order valence-corrected chi connectivity index (χ3v) is 9.75. The predicted molar refractivity (Wildman–Crippen MR) is 153 cm³/mol. The Morgan fingerprint density at radius 1 is 1.13 bits per heavy atom. The second-order valence-corrected chi connectivity index (χ2v) is 13.3. The molecule has 2 N–H and O–H groups in total. The highest BCUT2D eigenvalue weighted by molar-refractivity contribution is 7.91. The Morgan fingerprint density at radius 2 is 1.95 bits per heavy atom. The average molecular weight is 539 g/mol. The van der Waals surface area contributed by atoms with Crippen LogP contribution in [0.25, 0.3) is 10.8 Å². The van der Waals surface area contributed by atoms with E-state index in [0.717, 1.165) is 42.4 Å². The maximum absolute atomic E-state index is 12.2. The molecule has 1 aromatic carbocycles. The molecule has 2 aromatic heterocycles. The quantitative estimate of drug-likeness (QED) is 0.438. The highest BCUT2D eigenvalue weighted by Crippen LogP contribution is 2.39. The van der Waals surface area contributed by atoms with Crippen molar-refractivity contribution in [1.29, 1.82) is 0 Å². The van der Waals surface area contributed by atoms with Crippen LogP contribution in [-0.2, 0) is 9.84 Å². The van der Waals surface area contributed by atoms with Crippen LogP contribution in [-0.4, -0.2) is 71.8 Å². The Morgan fingerprint density at radius 3 is 2.66 bits per heavy atom. The number of β-amino-alcohol motifs (C(OH)–C–C–N with tert-alkyl or cyclic N) is 1. The topological polar surface area (TPSA) is 112 Å². The number of aliphatic hydroxyl groups excluding tert-OH is 1. The Bertz CT molecular complexity index is 1410. The normalized spacial score (nSPS) is 22.1. The summed E-state index contributed by atoms with van der Waals surface area (Å²) < 4.78 is 24.4. The molecule has 0 saturated carbocycles. The lowest BCUT2D eigenvalue weighted by atomic mass is 9.88. The molecule has 0 spiro atoms. The van der Waals surface area contributed by atoms with Gasteiger partial charge in [-0.1, -0.05) is 26.8 Å². The molecule has 0 aliphatic carbocycles. The van der Waals surface area contributed by atoms with Gasteiger partial charge in [-0.05, 0) is 54.8 Å². The molecule has 9 nitrogen and oxygen atoms in total. The minimum absolute atomic E-state index is 0.140. The van der Waals surface area contributed by atoms with E-state index in [0.29, 0.717) is 30.0 Å². The zero-order chi connectivity index (χ0) is 27.0. The van der Waals surface area contributed by atoms with Crippen molar-refractivity contribution in [2.75, 3.05) is 46.3 Å². The lowest BCUT2D eigenvalue weighted by Crippen LogP contribution is -2.57. The Hall–Kier alpha value is -2.98. The number of hydrogen-bond donors (Lipinski definition) is 2. The first-order chi connectivity index (χ1) is 18.1. The number of hydrogen-bond acceptors (Lipinski definition) is 9. The molecule has 204 valence electrons. The third kappa shape index (κ3) is 5.42. The van der Waals surface area contributed by atoms with Gasteiger partial charge >= 0.3 is 0 Å². The predicted octanol–water partition coefficient (Wildman–Crippen LogP) is 4.11. The highest BCUT2D eigenvalue weighted by atomic mass is 32.2. The Balaban J connectivity index is 1.41. The molecule has 4 heterocycles. The summed E-state index contributed by atoms with van der Waals surface area (Å²) >= 11 is 0. The van der Waals surface area contributed by atoms with E-state index in [1.54, 1.807) is 13.1 Å². The minimum atomic E-state index is -3.00. The number of anilines is 4. The molecule has 2 saturated heterocycles. The summed E-state index contributed by atoms with van der Waals surface area (Å²) in [5.74, 6) is 2.86. The fourth-order valence-corrected chi connectivity index (χ4v) is 6.82. The van der Waals surface area contributed by atoms with Crippen molar-refractivity contribution in [3.05, 3.63) is 42.2 Å². The molecule has 2 fully saturated rings. The number of piperidine rings is 1. The van der Waals surface area contributed by atoms with Crippen molar-refractivity contribution >= 4 is 43.9 Å². The van der Waals surface area contributed by atoms with Gasteiger partial charge in [0.25, 0.3) is 0 Å². The second-order valence-electron chi connectivity index (χ2n) is 10.9. The van der Waals surface area contributed by atoms with Crippen LogP contribution in [0.3, 0.4) is 0 Å². The molecule has 2 aliphatic heterocycles. The van der Waals surface area contributed by atoms with Crippen LogP contribution in [0.2, 0.25) is 0 Å². The van der Waals surface area contributed by atoms with E-state index in [-0.39, 0.29) is 29.6 Å². The van der Waals surface area contributed by atoms with Crippen LogP contribution in [0, 0.1) is 5.92 Å². The van der Waals surface area contributed by atoms with Crippen molar-refractivity contribution in [1.82, 2.24) is 15.0 Å². The molecule has 3 aromatic rings. The van der Waals surface area contributed by atoms with E-state index >= 15 is 0 Å². The van der Waals surface area contributed by atoms with Gasteiger partial charge in [0.2, 0.25) is 5.95 Å². The molecular weight excluding hydrogens is 500 g/mol. The number of benzene rings is 1. The summed E-state index contributed by atoms with van der Waals surface area (Å²) in [5, 5.41) is 15.6. The summed E-state index contributed by atoms with van der Waals surface area (Å²) in [5.41, 5.74) is 2.33. The lowest BCUT2D eigenvalue weighted by Gasteiger charge is -2.48. The maximum atomic E-state index is 12.2. The number of rotatable bonds is 8. The zero-order valence-electron chi connectivity index (χ0n) is 22.6. The van der Waals surface area contributed by atoms with E-state index in [1.807, 2.05) is 17.2 Å². The van der Waals surface area contributed by atoms with E-state index in [2.05, 4.69) is 59.2 Å².